The van der Waals surface area contributed by atoms with Crippen LogP contribution in [0.2, 0.25) is 5.02 Å². The molecule has 2 rings (SSSR count). The molecule has 1 saturated heterocycles. The van der Waals surface area contributed by atoms with Gasteiger partial charge in [-0.15, -0.1) is 0 Å². The normalized spacial score (nSPS) is 21.6. The van der Waals surface area contributed by atoms with Crippen molar-refractivity contribution in [2.75, 3.05) is 25.9 Å². The summed E-state index contributed by atoms with van der Waals surface area (Å²) in [6.07, 6.45) is 2.70. The second-order valence-corrected chi connectivity index (χ2v) is 5.01. The van der Waals surface area contributed by atoms with E-state index in [1.165, 1.54) is 6.42 Å². The molecular formula is C13H19ClN2O. The zero-order valence-electron chi connectivity index (χ0n) is 10.2. The molecule has 1 unspecified atom stereocenters. The molecule has 0 radical (unpaired) electrons. The second-order valence-electron chi connectivity index (χ2n) is 4.58. The first kappa shape index (κ1) is 12.7. The van der Waals surface area contributed by atoms with Crippen molar-refractivity contribution < 1.29 is 4.74 Å². The molecule has 1 aromatic rings. The van der Waals surface area contributed by atoms with Crippen LogP contribution >= 0.6 is 11.6 Å². The first-order valence-electron chi connectivity index (χ1n) is 5.98. The van der Waals surface area contributed by atoms with Crippen LogP contribution < -0.4 is 5.73 Å². The minimum absolute atomic E-state index is 0.359. The molecule has 2 N–H and O–H groups in total. The lowest BCUT2D eigenvalue weighted by Crippen LogP contribution is -2.38. The lowest BCUT2D eigenvalue weighted by atomic mass is 10.1. The minimum atomic E-state index is 0.359. The van der Waals surface area contributed by atoms with Crippen LogP contribution in [-0.4, -0.2) is 31.2 Å². The zero-order chi connectivity index (χ0) is 12.3. The molecule has 17 heavy (non-hydrogen) atoms. The average molecular weight is 255 g/mol. The zero-order valence-corrected chi connectivity index (χ0v) is 10.9. The molecule has 0 bridgehead atoms. The van der Waals surface area contributed by atoms with Gasteiger partial charge in [-0.05, 0) is 37.1 Å². The maximum atomic E-state index is 5.96. The van der Waals surface area contributed by atoms with Crippen molar-refractivity contribution in [1.29, 1.82) is 0 Å². The summed E-state index contributed by atoms with van der Waals surface area (Å²) < 4.78 is 5.41. The molecular weight excluding hydrogens is 236 g/mol. The fourth-order valence-electron chi connectivity index (χ4n) is 2.30. The Morgan fingerprint density at radius 1 is 1.53 bits per heavy atom. The van der Waals surface area contributed by atoms with Crippen LogP contribution in [0.1, 0.15) is 18.4 Å². The Bertz CT molecular complexity index is 384. The molecule has 0 spiro atoms. The number of piperidine rings is 1. The number of rotatable bonds is 3. The number of hydrogen-bond acceptors (Lipinski definition) is 3. The van der Waals surface area contributed by atoms with Crippen molar-refractivity contribution in [3.05, 3.63) is 28.8 Å². The largest absolute Gasteiger partial charge is 0.398 e. The van der Waals surface area contributed by atoms with Crippen molar-refractivity contribution in [2.24, 2.45) is 0 Å². The predicted octanol–water partition coefficient (Wildman–Crippen LogP) is 2.53. The van der Waals surface area contributed by atoms with Gasteiger partial charge in [-0.2, -0.15) is 0 Å². The number of nitrogens with zero attached hydrogens (tertiary/aromatic N) is 1. The standard InChI is InChI=1S/C13H19ClN2O/c1-17-12-3-2-6-16(9-12)8-10-4-5-11(14)7-13(10)15/h4-5,7,12H,2-3,6,8-9,15H2,1H3. The molecule has 0 saturated carbocycles. The highest BCUT2D eigenvalue weighted by molar-refractivity contribution is 6.30. The van der Waals surface area contributed by atoms with Gasteiger partial charge in [0.1, 0.15) is 0 Å². The third-order valence-electron chi connectivity index (χ3n) is 3.30. The number of benzene rings is 1. The van der Waals surface area contributed by atoms with E-state index in [2.05, 4.69) is 4.90 Å². The van der Waals surface area contributed by atoms with Crippen LogP contribution in [0, 0.1) is 0 Å². The second kappa shape index (κ2) is 5.71. The first-order chi connectivity index (χ1) is 8.19. The van der Waals surface area contributed by atoms with E-state index in [0.717, 1.165) is 37.3 Å². The Kier molecular flexibility index (Phi) is 4.26. The highest BCUT2D eigenvalue weighted by Gasteiger charge is 2.19. The topological polar surface area (TPSA) is 38.5 Å². The van der Waals surface area contributed by atoms with Crippen LogP contribution in [0.4, 0.5) is 5.69 Å². The number of methoxy groups -OCH3 is 1. The fourth-order valence-corrected chi connectivity index (χ4v) is 2.48. The van der Waals surface area contributed by atoms with E-state index < -0.39 is 0 Å². The van der Waals surface area contributed by atoms with Crippen LogP contribution in [-0.2, 0) is 11.3 Å². The maximum Gasteiger partial charge on any atom is 0.0698 e. The quantitative estimate of drug-likeness (QED) is 0.843. The van der Waals surface area contributed by atoms with Gasteiger partial charge in [0, 0.05) is 30.9 Å². The van der Waals surface area contributed by atoms with Gasteiger partial charge in [-0.25, -0.2) is 0 Å². The van der Waals surface area contributed by atoms with E-state index in [-0.39, 0.29) is 0 Å². The lowest BCUT2D eigenvalue weighted by Gasteiger charge is -2.32. The van der Waals surface area contributed by atoms with Crippen LogP contribution in [0.15, 0.2) is 18.2 Å². The highest BCUT2D eigenvalue weighted by Crippen LogP contribution is 2.21. The number of likely N-dealkylation sites (tertiary alicyclic amines) is 1. The molecule has 3 nitrogen and oxygen atoms in total. The summed E-state index contributed by atoms with van der Waals surface area (Å²) in [5, 5.41) is 0.694. The fraction of sp³-hybridized carbons (Fsp3) is 0.538. The maximum absolute atomic E-state index is 5.96. The molecule has 1 aliphatic heterocycles. The first-order valence-corrected chi connectivity index (χ1v) is 6.36. The average Bonchev–Trinajstić information content (AvgIpc) is 2.33. The molecule has 1 heterocycles. The van der Waals surface area contributed by atoms with Crippen LogP contribution in [0.25, 0.3) is 0 Å². The Labute approximate surface area is 107 Å². The third-order valence-corrected chi connectivity index (χ3v) is 3.53. The molecule has 0 aromatic heterocycles. The monoisotopic (exact) mass is 254 g/mol. The summed E-state index contributed by atoms with van der Waals surface area (Å²) in [4.78, 5) is 2.39. The summed E-state index contributed by atoms with van der Waals surface area (Å²) in [5.74, 6) is 0. The molecule has 94 valence electrons. The van der Waals surface area contributed by atoms with Crippen molar-refractivity contribution >= 4 is 17.3 Å². The van der Waals surface area contributed by atoms with Crippen molar-refractivity contribution in [2.45, 2.75) is 25.5 Å². The molecule has 0 aliphatic carbocycles. The van der Waals surface area contributed by atoms with E-state index in [9.17, 15) is 0 Å². The number of anilines is 1. The van der Waals surface area contributed by atoms with E-state index in [1.54, 1.807) is 7.11 Å². The predicted molar refractivity (Wildman–Crippen MR) is 71.2 cm³/mol. The molecule has 1 aromatic carbocycles. The van der Waals surface area contributed by atoms with Crippen molar-refractivity contribution in [3.8, 4) is 0 Å². The summed E-state index contributed by atoms with van der Waals surface area (Å²) in [6, 6.07) is 5.72. The molecule has 1 aliphatic rings. The smallest absolute Gasteiger partial charge is 0.0698 e. The number of nitrogens with two attached hydrogens (primary N) is 1. The van der Waals surface area contributed by atoms with Crippen LogP contribution in [0.3, 0.4) is 0 Å². The molecule has 1 fully saturated rings. The van der Waals surface area contributed by atoms with Gasteiger partial charge in [0.2, 0.25) is 0 Å². The van der Waals surface area contributed by atoms with Crippen molar-refractivity contribution in [1.82, 2.24) is 4.90 Å². The third kappa shape index (κ3) is 3.35. The number of hydrogen-bond donors (Lipinski definition) is 1. The lowest BCUT2D eigenvalue weighted by molar-refractivity contribution is 0.0286. The van der Waals surface area contributed by atoms with Gasteiger partial charge in [-0.3, -0.25) is 4.90 Å². The van der Waals surface area contributed by atoms with Gasteiger partial charge < -0.3 is 10.5 Å². The summed E-state index contributed by atoms with van der Waals surface area (Å²) in [6.45, 7) is 2.98. The van der Waals surface area contributed by atoms with E-state index in [0.29, 0.717) is 11.1 Å². The van der Waals surface area contributed by atoms with E-state index in [4.69, 9.17) is 22.1 Å². The highest BCUT2D eigenvalue weighted by atomic mass is 35.5. The Morgan fingerprint density at radius 3 is 3.06 bits per heavy atom. The molecule has 0 amide bonds. The summed E-state index contributed by atoms with van der Waals surface area (Å²) in [7, 11) is 1.78. The van der Waals surface area contributed by atoms with Gasteiger partial charge >= 0.3 is 0 Å². The van der Waals surface area contributed by atoms with Gasteiger partial charge in [0.05, 0.1) is 6.10 Å². The Balaban J connectivity index is 2.00. The van der Waals surface area contributed by atoms with Crippen molar-refractivity contribution in [3.63, 3.8) is 0 Å². The van der Waals surface area contributed by atoms with Gasteiger partial charge in [0.25, 0.3) is 0 Å². The minimum Gasteiger partial charge on any atom is -0.398 e. The summed E-state index contributed by atoms with van der Waals surface area (Å²) in [5.41, 5.74) is 7.88. The molecule has 1 atom stereocenters. The van der Waals surface area contributed by atoms with E-state index >= 15 is 0 Å². The number of ether oxygens (including phenoxy) is 1. The Morgan fingerprint density at radius 2 is 2.35 bits per heavy atom. The molecule has 4 heteroatoms. The van der Waals surface area contributed by atoms with E-state index in [1.807, 2.05) is 18.2 Å². The van der Waals surface area contributed by atoms with Crippen LogP contribution in [0.5, 0.6) is 0 Å². The number of nitrogen functional groups attached to an aromatic ring is 1. The van der Waals surface area contributed by atoms with Gasteiger partial charge in [0.15, 0.2) is 0 Å². The van der Waals surface area contributed by atoms with Gasteiger partial charge in [-0.1, -0.05) is 17.7 Å². The summed E-state index contributed by atoms with van der Waals surface area (Å²) >= 11 is 5.89. The SMILES string of the molecule is COC1CCCN(Cc2ccc(Cl)cc2N)C1. The number of halogens is 1. The Hall–Kier alpha value is -0.770.